The number of carbonyl (C=O) groups is 1. The number of hydrogen-bond acceptors (Lipinski definition) is 4. The zero-order valence-corrected chi connectivity index (χ0v) is 15.7. The average Bonchev–Trinajstić information content (AvgIpc) is 2.98. The van der Waals surface area contributed by atoms with Gasteiger partial charge in [-0.25, -0.2) is 4.39 Å². The third-order valence-electron chi connectivity index (χ3n) is 6.01. The largest absolute Gasteiger partial charge is 0.384 e. The third kappa shape index (κ3) is 3.92. The first kappa shape index (κ1) is 19.3. The first-order chi connectivity index (χ1) is 12.6. The molecule has 2 fully saturated rings. The number of carbonyl (C=O) groups excluding carboxylic acids is 1. The molecule has 2 aliphatic heterocycles. The minimum absolute atomic E-state index is 0.171. The second kappa shape index (κ2) is 8.46. The zero-order chi connectivity index (χ0) is 18.6. The molecule has 2 heterocycles. The number of likely N-dealkylation sites (tertiary alicyclic amines) is 2. The van der Waals surface area contributed by atoms with Gasteiger partial charge >= 0.3 is 0 Å². The van der Waals surface area contributed by atoms with Gasteiger partial charge in [-0.2, -0.15) is 0 Å². The van der Waals surface area contributed by atoms with Gasteiger partial charge in [0.15, 0.2) is 0 Å². The molecule has 1 amide bonds. The van der Waals surface area contributed by atoms with Gasteiger partial charge in [0.05, 0.1) is 18.8 Å². The maximum absolute atomic E-state index is 13.9. The Morgan fingerprint density at radius 2 is 1.96 bits per heavy atom. The summed E-state index contributed by atoms with van der Waals surface area (Å²) in [7, 11) is 3.48. The van der Waals surface area contributed by atoms with Crippen LogP contribution in [0.4, 0.5) is 4.39 Å². The van der Waals surface area contributed by atoms with E-state index < -0.39 is 5.82 Å². The predicted octanol–water partition coefficient (Wildman–Crippen LogP) is 2.27. The van der Waals surface area contributed by atoms with Crippen molar-refractivity contribution in [3.05, 3.63) is 35.6 Å². The molecular formula is C20H29FN2O3. The summed E-state index contributed by atoms with van der Waals surface area (Å²) >= 11 is 0. The van der Waals surface area contributed by atoms with Crippen molar-refractivity contribution in [1.82, 2.24) is 9.80 Å². The Labute approximate surface area is 155 Å². The fourth-order valence-corrected chi connectivity index (χ4v) is 4.49. The summed E-state index contributed by atoms with van der Waals surface area (Å²) in [5, 5.41) is 0. The highest BCUT2D eigenvalue weighted by atomic mass is 19.1. The van der Waals surface area contributed by atoms with E-state index in [0.29, 0.717) is 19.0 Å². The van der Waals surface area contributed by atoms with Crippen LogP contribution in [0.15, 0.2) is 24.3 Å². The Morgan fingerprint density at radius 3 is 2.62 bits per heavy atom. The summed E-state index contributed by atoms with van der Waals surface area (Å²) in [6, 6.07) is 6.23. The Morgan fingerprint density at radius 1 is 1.23 bits per heavy atom. The van der Waals surface area contributed by atoms with Crippen LogP contribution in [-0.4, -0.2) is 75.9 Å². The molecule has 1 aromatic rings. The number of halogens is 1. The molecule has 0 bridgehead atoms. The summed E-state index contributed by atoms with van der Waals surface area (Å²) in [5.74, 6) is -0.174. The second-order valence-electron chi connectivity index (χ2n) is 7.51. The van der Waals surface area contributed by atoms with Crippen LogP contribution in [-0.2, 0) is 9.47 Å². The van der Waals surface area contributed by atoms with E-state index in [1.54, 1.807) is 37.3 Å². The maximum atomic E-state index is 13.9. The van der Waals surface area contributed by atoms with Crippen molar-refractivity contribution in [2.24, 2.45) is 11.3 Å². The monoisotopic (exact) mass is 364 g/mol. The molecule has 144 valence electrons. The van der Waals surface area contributed by atoms with Crippen LogP contribution >= 0.6 is 0 Å². The standard InChI is InChI=1S/C20H29FN2O3/c1-25-12-11-22-13-16(14-26-2)20(15-22)7-9-23(10-8-20)19(24)17-5-3-4-6-18(17)21/h3-6,16H,7-15H2,1-2H3. The predicted molar refractivity (Wildman–Crippen MR) is 97.7 cm³/mol. The molecule has 2 aliphatic rings. The molecule has 3 rings (SSSR count). The third-order valence-corrected chi connectivity index (χ3v) is 6.01. The zero-order valence-electron chi connectivity index (χ0n) is 15.7. The average molecular weight is 364 g/mol. The molecule has 26 heavy (non-hydrogen) atoms. The van der Waals surface area contributed by atoms with Gasteiger partial charge in [0.25, 0.3) is 5.91 Å². The van der Waals surface area contributed by atoms with Gasteiger partial charge < -0.3 is 19.3 Å². The van der Waals surface area contributed by atoms with E-state index in [9.17, 15) is 9.18 Å². The minimum Gasteiger partial charge on any atom is -0.384 e. The lowest BCUT2D eigenvalue weighted by molar-refractivity contribution is 0.0318. The molecule has 1 unspecified atom stereocenters. The maximum Gasteiger partial charge on any atom is 0.256 e. The second-order valence-corrected chi connectivity index (χ2v) is 7.51. The molecule has 6 heteroatoms. The Kier molecular flexibility index (Phi) is 6.27. The highest BCUT2D eigenvalue weighted by molar-refractivity contribution is 5.94. The normalized spacial score (nSPS) is 22.9. The SMILES string of the molecule is COCCN1CC(COC)C2(CCN(C(=O)c3ccccc3F)CC2)C1. The smallest absolute Gasteiger partial charge is 0.256 e. The van der Waals surface area contributed by atoms with Crippen molar-refractivity contribution in [3.8, 4) is 0 Å². The molecule has 0 N–H and O–H groups in total. The molecule has 0 aliphatic carbocycles. The van der Waals surface area contributed by atoms with Crippen LogP contribution in [0.5, 0.6) is 0 Å². The van der Waals surface area contributed by atoms with Gasteiger partial charge in [-0.1, -0.05) is 12.1 Å². The summed E-state index contributed by atoms with van der Waals surface area (Å²) in [6.45, 7) is 5.77. The van der Waals surface area contributed by atoms with Crippen molar-refractivity contribution in [3.63, 3.8) is 0 Å². The number of rotatable bonds is 6. The fraction of sp³-hybridized carbons (Fsp3) is 0.650. The van der Waals surface area contributed by atoms with Gasteiger partial charge in [0, 0.05) is 52.9 Å². The topological polar surface area (TPSA) is 42.0 Å². The number of nitrogens with zero attached hydrogens (tertiary/aromatic N) is 2. The summed E-state index contributed by atoms with van der Waals surface area (Å²) < 4.78 is 24.6. The first-order valence-corrected chi connectivity index (χ1v) is 9.33. The Hall–Kier alpha value is -1.50. The molecule has 0 aromatic heterocycles. The van der Waals surface area contributed by atoms with Crippen LogP contribution in [0.3, 0.4) is 0 Å². The van der Waals surface area contributed by atoms with Gasteiger partial charge in [-0.15, -0.1) is 0 Å². The quantitative estimate of drug-likeness (QED) is 0.777. The first-order valence-electron chi connectivity index (χ1n) is 9.33. The van der Waals surface area contributed by atoms with Crippen molar-refractivity contribution < 1.29 is 18.7 Å². The van der Waals surface area contributed by atoms with Crippen molar-refractivity contribution >= 4 is 5.91 Å². The number of methoxy groups -OCH3 is 2. The van der Waals surface area contributed by atoms with Gasteiger partial charge in [-0.05, 0) is 30.4 Å². The van der Waals surface area contributed by atoms with Crippen molar-refractivity contribution in [2.45, 2.75) is 12.8 Å². The number of piperidine rings is 1. The molecule has 5 nitrogen and oxygen atoms in total. The van der Waals surface area contributed by atoms with E-state index in [1.807, 2.05) is 0 Å². The highest BCUT2D eigenvalue weighted by Gasteiger charge is 2.48. The fourth-order valence-electron chi connectivity index (χ4n) is 4.49. The Bertz CT molecular complexity index is 617. The summed E-state index contributed by atoms with van der Waals surface area (Å²) in [6.07, 6.45) is 1.87. The van der Waals surface area contributed by atoms with Crippen molar-refractivity contribution in [1.29, 1.82) is 0 Å². The molecule has 2 saturated heterocycles. The van der Waals surface area contributed by atoms with E-state index >= 15 is 0 Å². The van der Waals surface area contributed by atoms with E-state index in [1.165, 1.54) is 6.07 Å². The molecule has 1 aromatic carbocycles. The van der Waals surface area contributed by atoms with E-state index in [2.05, 4.69) is 4.90 Å². The van der Waals surface area contributed by atoms with Crippen LogP contribution in [0, 0.1) is 17.2 Å². The van der Waals surface area contributed by atoms with E-state index in [0.717, 1.165) is 45.7 Å². The van der Waals surface area contributed by atoms with Crippen LogP contribution in [0.25, 0.3) is 0 Å². The van der Waals surface area contributed by atoms with Crippen LogP contribution in [0.2, 0.25) is 0 Å². The highest BCUT2D eigenvalue weighted by Crippen LogP contribution is 2.45. The van der Waals surface area contributed by atoms with Crippen LogP contribution < -0.4 is 0 Å². The van der Waals surface area contributed by atoms with Crippen LogP contribution in [0.1, 0.15) is 23.2 Å². The lowest BCUT2D eigenvalue weighted by Gasteiger charge is -2.42. The summed E-state index contributed by atoms with van der Waals surface area (Å²) in [5.41, 5.74) is 0.348. The van der Waals surface area contributed by atoms with Crippen molar-refractivity contribution in [2.75, 3.05) is 60.2 Å². The number of benzene rings is 1. The summed E-state index contributed by atoms with van der Waals surface area (Å²) in [4.78, 5) is 16.9. The molecular weight excluding hydrogens is 335 g/mol. The van der Waals surface area contributed by atoms with Gasteiger partial charge in [-0.3, -0.25) is 4.79 Å². The minimum atomic E-state index is -0.443. The number of hydrogen-bond donors (Lipinski definition) is 0. The number of ether oxygens (including phenoxy) is 2. The van der Waals surface area contributed by atoms with Gasteiger partial charge in [0.1, 0.15) is 5.82 Å². The van der Waals surface area contributed by atoms with Gasteiger partial charge in [0.2, 0.25) is 0 Å². The van der Waals surface area contributed by atoms with E-state index in [4.69, 9.17) is 9.47 Å². The number of amides is 1. The Balaban J connectivity index is 1.65. The lowest BCUT2D eigenvalue weighted by atomic mass is 9.71. The lowest BCUT2D eigenvalue weighted by Crippen LogP contribution is -2.47. The molecule has 0 radical (unpaired) electrons. The molecule has 1 atom stereocenters. The molecule has 0 saturated carbocycles. The van der Waals surface area contributed by atoms with E-state index in [-0.39, 0.29) is 16.9 Å². The molecule has 1 spiro atoms.